The SMILES string of the molecule is COC(=O)[C@@H]1N[C@H](c2ccc(OC)cc2)[C@@H]2C(=O)N(C)C(=O)[C@@H]21. The molecule has 3 rings (SSSR count). The van der Waals surface area contributed by atoms with E-state index in [-0.39, 0.29) is 11.8 Å². The highest BCUT2D eigenvalue weighted by atomic mass is 16.5. The summed E-state index contributed by atoms with van der Waals surface area (Å²) < 4.78 is 9.91. The molecule has 2 amide bonds. The predicted octanol–water partition coefficient (Wildman–Crippen LogP) is 0.112. The van der Waals surface area contributed by atoms with Crippen LogP contribution in [0.4, 0.5) is 0 Å². The molecule has 7 heteroatoms. The molecule has 2 aliphatic heterocycles. The number of imide groups is 1. The molecule has 0 spiro atoms. The summed E-state index contributed by atoms with van der Waals surface area (Å²) in [5.74, 6) is -1.80. The summed E-state index contributed by atoms with van der Waals surface area (Å²) in [6.45, 7) is 0. The van der Waals surface area contributed by atoms with E-state index in [9.17, 15) is 14.4 Å². The fraction of sp³-hybridized carbons (Fsp3) is 0.438. The van der Waals surface area contributed by atoms with Crippen molar-refractivity contribution in [2.75, 3.05) is 21.3 Å². The first-order chi connectivity index (χ1) is 11.0. The van der Waals surface area contributed by atoms with Gasteiger partial charge in [-0.3, -0.25) is 24.6 Å². The molecule has 7 nitrogen and oxygen atoms in total. The first kappa shape index (κ1) is 15.5. The lowest BCUT2D eigenvalue weighted by molar-refractivity contribution is -0.147. The molecule has 0 aliphatic carbocycles. The number of nitrogens with zero attached hydrogens (tertiary/aromatic N) is 1. The summed E-state index contributed by atoms with van der Waals surface area (Å²) >= 11 is 0. The van der Waals surface area contributed by atoms with Crippen molar-refractivity contribution in [2.24, 2.45) is 11.8 Å². The number of methoxy groups -OCH3 is 2. The molecule has 0 saturated carbocycles. The topological polar surface area (TPSA) is 84.9 Å². The average molecular weight is 318 g/mol. The maximum Gasteiger partial charge on any atom is 0.323 e. The summed E-state index contributed by atoms with van der Waals surface area (Å²) in [6, 6.07) is 5.97. The molecule has 0 aromatic heterocycles. The molecule has 122 valence electrons. The third-order valence-corrected chi connectivity index (χ3v) is 4.63. The van der Waals surface area contributed by atoms with Crippen LogP contribution in [0.3, 0.4) is 0 Å². The Kier molecular flexibility index (Phi) is 3.81. The minimum atomic E-state index is -0.821. The summed E-state index contributed by atoms with van der Waals surface area (Å²) in [4.78, 5) is 37.9. The number of amides is 2. The Morgan fingerprint density at radius 1 is 1.09 bits per heavy atom. The fourth-order valence-electron chi connectivity index (χ4n) is 3.42. The quantitative estimate of drug-likeness (QED) is 0.629. The van der Waals surface area contributed by atoms with Crippen molar-refractivity contribution in [3.05, 3.63) is 29.8 Å². The van der Waals surface area contributed by atoms with Gasteiger partial charge in [0, 0.05) is 13.1 Å². The van der Waals surface area contributed by atoms with E-state index in [2.05, 4.69) is 5.32 Å². The number of rotatable bonds is 3. The smallest absolute Gasteiger partial charge is 0.323 e. The minimum absolute atomic E-state index is 0.278. The van der Waals surface area contributed by atoms with Gasteiger partial charge in [0.25, 0.3) is 0 Å². The first-order valence-electron chi connectivity index (χ1n) is 7.28. The van der Waals surface area contributed by atoms with Crippen LogP contribution in [-0.2, 0) is 19.1 Å². The fourth-order valence-corrected chi connectivity index (χ4v) is 3.42. The van der Waals surface area contributed by atoms with Gasteiger partial charge >= 0.3 is 5.97 Å². The van der Waals surface area contributed by atoms with Gasteiger partial charge in [0.1, 0.15) is 11.8 Å². The number of hydrogen-bond acceptors (Lipinski definition) is 6. The van der Waals surface area contributed by atoms with Gasteiger partial charge in [0.05, 0.1) is 26.1 Å². The highest BCUT2D eigenvalue weighted by Gasteiger charge is 2.60. The molecule has 2 fully saturated rings. The molecule has 0 bridgehead atoms. The Labute approximate surface area is 133 Å². The second kappa shape index (κ2) is 5.66. The molecule has 1 N–H and O–H groups in total. The van der Waals surface area contributed by atoms with Crippen LogP contribution in [0.15, 0.2) is 24.3 Å². The normalized spacial score (nSPS) is 29.6. The predicted molar refractivity (Wildman–Crippen MR) is 79.4 cm³/mol. The molecule has 0 unspecified atom stereocenters. The molecule has 1 aromatic rings. The molecule has 2 heterocycles. The summed E-state index contributed by atoms with van der Waals surface area (Å²) in [5.41, 5.74) is 0.823. The van der Waals surface area contributed by atoms with Gasteiger partial charge in [-0.05, 0) is 17.7 Å². The van der Waals surface area contributed by atoms with Crippen molar-refractivity contribution < 1.29 is 23.9 Å². The Balaban J connectivity index is 1.98. The zero-order valence-electron chi connectivity index (χ0n) is 13.1. The molecular formula is C16H18N2O5. The van der Waals surface area contributed by atoms with Gasteiger partial charge in [-0.15, -0.1) is 0 Å². The van der Waals surface area contributed by atoms with Crippen LogP contribution in [0.2, 0.25) is 0 Å². The Hall–Kier alpha value is -2.41. The lowest BCUT2D eigenvalue weighted by atomic mass is 9.86. The second-order valence-electron chi connectivity index (χ2n) is 5.71. The molecule has 1 aromatic carbocycles. The number of nitrogens with one attached hydrogen (secondary N) is 1. The molecule has 2 aliphatic rings. The third kappa shape index (κ3) is 2.28. The highest BCUT2D eigenvalue weighted by Crippen LogP contribution is 2.43. The first-order valence-corrected chi connectivity index (χ1v) is 7.28. The van der Waals surface area contributed by atoms with Crippen LogP contribution in [-0.4, -0.2) is 50.0 Å². The number of ether oxygens (including phenoxy) is 2. The highest BCUT2D eigenvalue weighted by molar-refractivity contribution is 6.08. The van der Waals surface area contributed by atoms with E-state index in [0.29, 0.717) is 5.75 Å². The Morgan fingerprint density at radius 3 is 2.26 bits per heavy atom. The number of fused-ring (bicyclic) bond motifs is 1. The van der Waals surface area contributed by atoms with Crippen LogP contribution >= 0.6 is 0 Å². The van der Waals surface area contributed by atoms with Crippen LogP contribution < -0.4 is 10.1 Å². The minimum Gasteiger partial charge on any atom is -0.497 e. The van der Waals surface area contributed by atoms with Crippen molar-refractivity contribution >= 4 is 17.8 Å². The molecular weight excluding hydrogens is 300 g/mol. The van der Waals surface area contributed by atoms with E-state index < -0.39 is 29.9 Å². The van der Waals surface area contributed by atoms with Crippen molar-refractivity contribution in [2.45, 2.75) is 12.1 Å². The van der Waals surface area contributed by atoms with Gasteiger partial charge in [-0.25, -0.2) is 0 Å². The van der Waals surface area contributed by atoms with Gasteiger partial charge in [-0.2, -0.15) is 0 Å². The van der Waals surface area contributed by atoms with E-state index >= 15 is 0 Å². The summed E-state index contributed by atoms with van der Waals surface area (Å²) in [5, 5.41) is 3.10. The van der Waals surface area contributed by atoms with Gasteiger partial charge in [0.2, 0.25) is 11.8 Å². The van der Waals surface area contributed by atoms with Crippen molar-refractivity contribution in [3.8, 4) is 5.75 Å². The van der Waals surface area contributed by atoms with Gasteiger partial charge in [-0.1, -0.05) is 12.1 Å². The number of hydrogen-bond donors (Lipinski definition) is 1. The third-order valence-electron chi connectivity index (χ3n) is 4.63. The molecule has 23 heavy (non-hydrogen) atoms. The van der Waals surface area contributed by atoms with Crippen LogP contribution in [0, 0.1) is 11.8 Å². The van der Waals surface area contributed by atoms with Gasteiger partial charge < -0.3 is 9.47 Å². The van der Waals surface area contributed by atoms with Gasteiger partial charge in [0.15, 0.2) is 0 Å². The largest absolute Gasteiger partial charge is 0.497 e. The molecule has 2 saturated heterocycles. The monoisotopic (exact) mass is 318 g/mol. The Bertz CT molecular complexity index is 657. The average Bonchev–Trinajstić information content (AvgIpc) is 3.08. The number of likely N-dealkylation sites (tertiary alicyclic amines) is 1. The van der Waals surface area contributed by atoms with E-state index in [1.165, 1.54) is 14.2 Å². The van der Waals surface area contributed by atoms with E-state index in [1.54, 1.807) is 19.2 Å². The number of esters is 1. The summed E-state index contributed by atoms with van der Waals surface area (Å²) in [7, 11) is 4.29. The molecule has 4 atom stereocenters. The molecule has 0 radical (unpaired) electrons. The van der Waals surface area contributed by atoms with Crippen molar-refractivity contribution in [3.63, 3.8) is 0 Å². The van der Waals surface area contributed by atoms with Crippen LogP contribution in [0.5, 0.6) is 5.75 Å². The summed E-state index contributed by atoms with van der Waals surface area (Å²) in [6.07, 6.45) is 0. The second-order valence-corrected chi connectivity index (χ2v) is 5.71. The lowest BCUT2D eigenvalue weighted by Gasteiger charge is -2.19. The number of carbonyl (C=O) groups excluding carboxylic acids is 3. The number of carbonyl (C=O) groups is 3. The van der Waals surface area contributed by atoms with Crippen LogP contribution in [0.25, 0.3) is 0 Å². The van der Waals surface area contributed by atoms with Crippen LogP contribution in [0.1, 0.15) is 11.6 Å². The van der Waals surface area contributed by atoms with E-state index in [0.717, 1.165) is 10.5 Å². The van der Waals surface area contributed by atoms with E-state index in [1.807, 2.05) is 12.1 Å². The zero-order chi connectivity index (χ0) is 16.7. The lowest BCUT2D eigenvalue weighted by Crippen LogP contribution is -2.42. The van der Waals surface area contributed by atoms with Crippen molar-refractivity contribution in [1.29, 1.82) is 0 Å². The van der Waals surface area contributed by atoms with Crippen molar-refractivity contribution in [1.82, 2.24) is 10.2 Å². The standard InChI is InChI=1S/C16H18N2O5/c1-18-14(19)10-11(15(18)20)13(16(21)23-3)17-12(10)8-4-6-9(22-2)7-5-8/h4-7,10-13,17H,1-3H3/t10-,11+,12-,13-/m1/s1. The maximum absolute atomic E-state index is 12.4. The maximum atomic E-state index is 12.4. The van der Waals surface area contributed by atoms with E-state index in [4.69, 9.17) is 9.47 Å². The Morgan fingerprint density at radius 2 is 1.70 bits per heavy atom. The number of benzene rings is 1. The zero-order valence-corrected chi connectivity index (χ0v) is 13.1.